The molecule has 0 unspecified atom stereocenters. The van der Waals surface area contributed by atoms with E-state index in [2.05, 4.69) is 5.32 Å². The van der Waals surface area contributed by atoms with E-state index in [0.29, 0.717) is 28.5 Å². The molecule has 0 saturated carbocycles. The van der Waals surface area contributed by atoms with Gasteiger partial charge in [0.05, 0.1) is 12.7 Å². The minimum absolute atomic E-state index is 0.0246. The number of ether oxygens (including phenoxy) is 3. The second-order valence-electron chi connectivity index (χ2n) is 7.09. The van der Waals surface area contributed by atoms with Crippen LogP contribution >= 0.6 is 0 Å². The van der Waals surface area contributed by atoms with Gasteiger partial charge in [-0.2, -0.15) is 0 Å². The van der Waals surface area contributed by atoms with Crippen molar-refractivity contribution in [1.82, 2.24) is 0 Å². The van der Waals surface area contributed by atoms with E-state index < -0.39 is 11.5 Å². The quantitative estimate of drug-likeness (QED) is 0.624. The third-order valence-corrected chi connectivity index (χ3v) is 5.00. The zero-order chi connectivity index (χ0) is 22.0. The van der Waals surface area contributed by atoms with Crippen LogP contribution in [0.25, 0.3) is 0 Å². The van der Waals surface area contributed by atoms with Gasteiger partial charge in [-0.05, 0) is 36.8 Å². The highest BCUT2D eigenvalue weighted by Crippen LogP contribution is 2.36. The molecule has 1 aliphatic rings. The highest BCUT2D eigenvalue weighted by atomic mass is 16.7. The Kier molecular flexibility index (Phi) is 5.53. The van der Waals surface area contributed by atoms with Gasteiger partial charge in [0, 0.05) is 30.2 Å². The maximum atomic E-state index is 12.9. The molecule has 0 spiro atoms. The lowest BCUT2D eigenvalue weighted by Crippen LogP contribution is -2.21. The number of methoxy groups -OCH3 is 1. The van der Waals surface area contributed by atoms with Crippen molar-refractivity contribution in [1.29, 1.82) is 0 Å². The van der Waals surface area contributed by atoms with Crippen molar-refractivity contribution in [2.45, 2.75) is 19.3 Å². The van der Waals surface area contributed by atoms with Crippen LogP contribution in [0.5, 0.6) is 23.0 Å². The van der Waals surface area contributed by atoms with Crippen molar-refractivity contribution in [3.05, 3.63) is 75.8 Å². The molecule has 0 radical (unpaired) electrons. The number of nitrogens with one attached hydrogen (secondary N) is 1. The summed E-state index contributed by atoms with van der Waals surface area (Å²) in [5.41, 5.74) is 0.529. The molecule has 2 aromatic carbocycles. The molecular weight excluding hydrogens is 402 g/mol. The van der Waals surface area contributed by atoms with E-state index in [0.717, 1.165) is 0 Å². The van der Waals surface area contributed by atoms with Gasteiger partial charge in [0.25, 0.3) is 0 Å². The van der Waals surface area contributed by atoms with E-state index in [1.165, 1.54) is 6.07 Å². The van der Waals surface area contributed by atoms with Crippen LogP contribution in [-0.4, -0.2) is 24.9 Å². The number of hydrogen-bond donors (Lipinski definition) is 2. The van der Waals surface area contributed by atoms with Crippen molar-refractivity contribution < 1.29 is 28.5 Å². The first-order valence-electron chi connectivity index (χ1n) is 9.61. The molecule has 0 aliphatic carbocycles. The molecule has 2 heterocycles. The Bertz CT molecular complexity index is 1170. The predicted octanol–water partition coefficient (Wildman–Crippen LogP) is 3.55. The number of carbonyl (C=O) groups is 1. The lowest BCUT2D eigenvalue weighted by molar-refractivity contribution is -0.116. The predicted molar refractivity (Wildman–Crippen MR) is 112 cm³/mol. The van der Waals surface area contributed by atoms with Crippen molar-refractivity contribution in [2.75, 3.05) is 19.2 Å². The number of aryl methyl sites for hydroxylation is 1. The first-order valence-corrected chi connectivity index (χ1v) is 9.61. The number of amides is 1. The van der Waals surface area contributed by atoms with E-state index in [4.69, 9.17) is 18.6 Å². The third-order valence-electron chi connectivity index (χ3n) is 5.00. The molecule has 2 N–H and O–H groups in total. The van der Waals surface area contributed by atoms with E-state index in [1.54, 1.807) is 56.5 Å². The maximum Gasteiger partial charge on any atom is 0.343 e. The summed E-state index contributed by atoms with van der Waals surface area (Å²) in [6, 6.07) is 13.4. The summed E-state index contributed by atoms with van der Waals surface area (Å²) in [4.78, 5) is 25.4. The van der Waals surface area contributed by atoms with Gasteiger partial charge in [-0.1, -0.05) is 12.1 Å². The summed E-state index contributed by atoms with van der Waals surface area (Å²) >= 11 is 0. The number of benzene rings is 2. The first-order chi connectivity index (χ1) is 14.9. The Morgan fingerprint density at radius 3 is 2.58 bits per heavy atom. The van der Waals surface area contributed by atoms with Crippen LogP contribution < -0.4 is 25.2 Å². The molecule has 1 atom stereocenters. The van der Waals surface area contributed by atoms with Crippen molar-refractivity contribution in [3.8, 4) is 23.0 Å². The van der Waals surface area contributed by atoms with E-state index in [9.17, 15) is 14.7 Å². The second kappa shape index (κ2) is 8.43. The van der Waals surface area contributed by atoms with Crippen molar-refractivity contribution in [3.63, 3.8) is 0 Å². The van der Waals surface area contributed by atoms with E-state index in [-0.39, 0.29) is 36.2 Å². The smallest absolute Gasteiger partial charge is 0.343 e. The fourth-order valence-electron chi connectivity index (χ4n) is 3.52. The average molecular weight is 423 g/mol. The summed E-state index contributed by atoms with van der Waals surface area (Å²) in [5, 5.41) is 13.3. The van der Waals surface area contributed by atoms with Crippen LogP contribution in [0.2, 0.25) is 0 Å². The maximum absolute atomic E-state index is 12.9. The van der Waals surface area contributed by atoms with Crippen LogP contribution in [0.3, 0.4) is 0 Å². The molecule has 31 heavy (non-hydrogen) atoms. The SMILES string of the molecule is COc1ccc([C@@H](CC(=O)Nc2ccc3c(c2)OCO3)c2c(O)cc(C)oc2=O)cc1. The molecule has 3 aromatic rings. The van der Waals surface area contributed by atoms with Gasteiger partial charge in [0.2, 0.25) is 12.7 Å². The Morgan fingerprint density at radius 2 is 1.87 bits per heavy atom. The fraction of sp³-hybridized carbons (Fsp3) is 0.217. The molecule has 0 saturated heterocycles. The van der Waals surface area contributed by atoms with Gasteiger partial charge in [-0.3, -0.25) is 4.79 Å². The van der Waals surface area contributed by atoms with Gasteiger partial charge in [-0.15, -0.1) is 0 Å². The molecule has 1 aromatic heterocycles. The van der Waals surface area contributed by atoms with E-state index >= 15 is 0 Å². The Morgan fingerprint density at radius 1 is 1.13 bits per heavy atom. The molecular formula is C23H21NO7. The molecule has 4 rings (SSSR count). The van der Waals surface area contributed by atoms with Crippen molar-refractivity contribution in [2.24, 2.45) is 0 Å². The highest BCUT2D eigenvalue weighted by molar-refractivity contribution is 5.92. The fourth-order valence-corrected chi connectivity index (χ4v) is 3.52. The summed E-state index contributed by atoms with van der Waals surface area (Å²) in [7, 11) is 1.55. The van der Waals surface area contributed by atoms with Crippen molar-refractivity contribution >= 4 is 11.6 Å². The first kappa shape index (κ1) is 20.3. The van der Waals surface area contributed by atoms with Gasteiger partial charge >= 0.3 is 5.63 Å². The lowest BCUT2D eigenvalue weighted by atomic mass is 9.88. The lowest BCUT2D eigenvalue weighted by Gasteiger charge is -2.18. The van der Waals surface area contributed by atoms with Crippen LogP contribution in [0.4, 0.5) is 5.69 Å². The van der Waals surface area contributed by atoms with Gasteiger partial charge < -0.3 is 29.1 Å². The van der Waals surface area contributed by atoms with Crippen LogP contribution in [-0.2, 0) is 4.79 Å². The Hall–Kier alpha value is -3.94. The standard InChI is InChI=1S/C23H21NO7/c1-13-9-18(25)22(23(27)31-13)17(14-3-6-16(28-2)7-4-14)11-21(26)24-15-5-8-19-20(10-15)30-12-29-19/h3-10,17,25H,11-12H2,1-2H3,(H,24,26)/t17-/m1/s1. The number of carbonyl (C=O) groups excluding carboxylic acids is 1. The number of anilines is 1. The topological polar surface area (TPSA) is 107 Å². The zero-order valence-corrected chi connectivity index (χ0v) is 17.0. The molecule has 160 valence electrons. The molecule has 1 aliphatic heterocycles. The van der Waals surface area contributed by atoms with Gasteiger partial charge in [0.15, 0.2) is 11.5 Å². The zero-order valence-electron chi connectivity index (χ0n) is 17.0. The summed E-state index contributed by atoms with van der Waals surface area (Å²) < 4.78 is 21.0. The summed E-state index contributed by atoms with van der Waals surface area (Å²) in [6.07, 6.45) is -0.0951. The minimum Gasteiger partial charge on any atom is -0.507 e. The van der Waals surface area contributed by atoms with Gasteiger partial charge in [0.1, 0.15) is 17.3 Å². The number of rotatable bonds is 6. The summed E-state index contributed by atoms with van der Waals surface area (Å²) in [6.45, 7) is 1.70. The van der Waals surface area contributed by atoms with Crippen LogP contribution in [0, 0.1) is 6.92 Å². The number of fused-ring (bicyclic) bond motifs is 1. The molecule has 0 bridgehead atoms. The molecule has 8 heteroatoms. The normalized spacial score (nSPS) is 13.0. The number of aromatic hydroxyl groups is 1. The Labute approximate surface area is 178 Å². The number of hydrogen-bond acceptors (Lipinski definition) is 7. The second-order valence-corrected chi connectivity index (χ2v) is 7.09. The van der Waals surface area contributed by atoms with Gasteiger partial charge in [-0.25, -0.2) is 4.79 Å². The van der Waals surface area contributed by atoms with Crippen LogP contribution in [0.15, 0.2) is 57.7 Å². The summed E-state index contributed by atoms with van der Waals surface area (Å²) in [5.74, 6) is 0.774. The molecule has 8 nitrogen and oxygen atoms in total. The Balaban J connectivity index is 1.64. The van der Waals surface area contributed by atoms with Crippen LogP contribution in [0.1, 0.15) is 29.2 Å². The molecule has 1 amide bonds. The monoisotopic (exact) mass is 423 g/mol. The third kappa shape index (κ3) is 4.32. The highest BCUT2D eigenvalue weighted by Gasteiger charge is 2.26. The largest absolute Gasteiger partial charge is 0.507 e. The molecule has 0 fully saturated rings. The van der Waals surface area contributed by atoms with E-state index in [1.807, 2.05) is 0 Å². The minimum atomic E-state index is -0.725. The average Bonchev–Trinajstić information content (AvgIpc) is 3.20.